The van der Waals surface area contributed by atoms with E-state index in [2.05, 4.69) is 46.0 Å². The van der Waals surface area contributed by atoms with Crippen LogP contribution in [0.25, 0.3) is 43.0 Å². The molecule has 2 aromatic heterocycles. The molecule has 0 fully saturated rings. The molecule has 0 saturated carbocycles. The third kappa shape index (κ3) is 1.54. The first kappa shape index (κ1) is 12.7. The Bertz CT molecular complexity index is 1100. The molecular formula is C17H13N5. The minimum atomic E-state index is 0.438. The number of aryl methyl sites for hydroxylation is 2. The molecule has 0 unspecified atom stereocenters. The van der Waals surface area contributed by atoms with Gasteiger partial charge in [0.1, 0.15) is 5.82 Å². The average Bonchev–Trinajstić information content (AvgIpc) is 2.93. The molecule has 1 N–H and O–H groups in total. The van der Waals surface area contributed by atoms with Gasteiger partial charge in [-0.05, 0) is 53.1 Å². The fourth-order valence-corrected chi connectivity index (χ4v) is 3.32. The van der Waals surface area contributed by atoms with Crippen molar-refractivity contribution < 1.29 is 0 Å². The molecule has 0 atom stereocenters. The SMILES string of the molecule is Cc1c2ccnc(N=[N+]=[N-])c2c(C)c2c1[nH]c1ccccc12. The van der Waals surface area contributed by atoms with E-state index in [4.69, 9.17) is 5.53 Å². The number of aromatic amines is 1. The zero-order chi connectivity index (χ0) is 15.3. The number of aromatic nitrogens is 2. The Morgan fingerprint density at radius 2 is 1.86 bits per heavy atom. The largest absolute Gasteiger partial charge is 0.354 e. The number of pyridine rings is 1. The number of H-pyrrole nitrogens is 1. The minimum Gasteiger partial charge on any atom is -0.354 e. The summed E-state index contributed by atoms with van der Waals surface area (Å²) in [6.45, 7) is 4.14. The van der Waals surface area contributed by atoms with Crippen molar-refractivity contribution in [3.63, 3.8) is 0 Å². The van der Waals surface area contributed by atoms with Crippen molar-refractivity contribution in [2.75, 3.05) is 0 Å². The van der Waals surface area contributed by atoms with Crippen molar-refractivity contribution in [1.82, 2.24) is 9.97 Å². The first-order chi connectivity index (χ1) is 10.7. The molecule has 4 rings (SSSR count). The molecule has 0 aliphatic heterocycles. The number of nitrogens with one attached hydrogen (secondary N) is 1. The molecule has 5 nitrogen and oxygen atoms in total. The fraction of sp³-hybridized carbons (Fsp3) is 0.118. The summed E-state index contributed by atoms with van der Waals surface area (Å²) < 4.78 is 0. The molecule has 106 valence electrons. The Labute approximate surface area is 126 Å². The van der Waals surface area contributed by atoms with E-state index in [1.54, 1.807) is 6.20 Å². The lowest BCUT2D eigenvalue weighted by molar-refractivity contribution is 1.28. The van der Waals surface area contributed by atoms with Crippen LogP contribution in [0.3, 0.4) is 0 Å². The minimum absolute atomic E-state index is 0.438. The summed E-state index contributed by atoms with van der Waals surface area (Å²) in [6, 6.07) is 10.2. The summed E-state index contributed by atoms with van der Waals surface area (Å²) >= 11 is 0. The van der Waals surface area contributed by atoms with Gasteiger partial charge in [0.25, 0.3) is 0 Å². The molecule has 0 aliphatic carbocycles. The molecule has 22 heavy (non-hydrogen) atoms. The van der Waals surface area contributed by atoms with Gasteiger partial charge in [0.05, 0.1) is 5.52 Å². The lowest BCUT2D eigenvalue weighted by Gasteiger charge is -2.10. The lowest BCUT2D eigenvalue weighted by Crippen LogP contribution is -1.88. The van der Waals surface area contributed by atoms with Crippen molar-refractivity contribution in [3.05, 3.63) is 58.1 Å². The van der Waals surface area contributed by atoms with Crippen molar-refractivity contribution in [3.8, 4) is 0 Å². The number of hydrogen-bond donors (Lipinski definition) is 1. The molecule has 0 aliphatic rings. The monoisotopic (exact) mass is 287 g/mol. The Morgan fingerprint density at radius 1 is 1.05 bits per heavy atom. The van der Waals surface area contributed by atoms with Crippen molar-refractivity contribution in [2.24, 2.45) is 5.11 Å². The van der Waals surface area contributed by atoms with Crippen LogP contribution in [0.15, 0.2) is 41.6 Å². The van der Waals surface area contributed by atoms with Gasteiger partial charge < -0.3 is 4.98 Å². The van der Waals surface area contributed by atoms with Crippen LogP contribution < -0.4 is 0 Å². The molecule has 2 heterocycles. The van der Waals surface area contributed by atoms with Gasteiger partial charge in [-0.1, -0.05) is 18.2 Å². The number of hydrogen-bond acceptors (Lipinski definition) is 2. The topological polar surface area (TPSA) is 77.4 Å². The summed E-state index contributed by atoms with van der Waals surface area (Å²) in [5.74, 6) is 0.438. The second-order valence-corrected chi connectivity index (χ2v) is 5.42. The van der Waals surface area contributed by atoms with Crippen molar-refractivity contribution in [1.29, 1.82) is 0 Å². The van der Waals surface area contributed by atoms with Gasteiger partial charge in [-0.2, -0.15) is 0 Å². The van der Waals surface area contributed by atoms with Crippen molar-refractivity contribution >= 4 is 38.4 Å². The Hall–Kier alpha value is -3.04. The summed E-state index contributed by atoms with van der Waals surface area (Å²) in [4.78, 5) is 10.7. The van der Waals surface area contributed by atoms with E-state index < -0.39 is 0 Å². The second-order valence-electron chi connectivity index (χ2n) is 5.42. The van der Waals surface area contributed by atoms with E-state index >= 15 is 0 Å². The first-order valence-electron chi connectivity index (χ1n) is 7.05. The van der Waals surface area contributed by atoms with Gasteiger partial charge in [-0.25, -0.2) is 0 Å². The number of para-hydroxylation sites is 1. The van der Waals surface area contributed by atoms with Gasteiger partial charge in [0, 0.05) is 32.8 Å². The first-order valence-corrected chi connectivity index (χ1v) is 7.05. The Kier molecular flexibility index (Phi) is 2.58. The summed E-state index contributed by atoms with van der Waals surface area (Å²) in [5, 5.41) is 8.10. The zero-order valence-electron chi connectivity index (χ0n) is 12.3. The average molecular weight is 287 g/mol. The van der Waals surface area contributed by atoms with Gasteiger partial charge in [-0.15, -0.1) is 0 Å². The van der Waals surface area contributed by atoms with Gasteiger partial charge in [-0.3, -0.25) is 4.98 Å². The van der Waals surface area contributed by atoms with Crippen LogP contribution in [0.1, 0.15) is 11.1 Å². The van der Waals surface area contributed by atoms with E-state index in [-0.39, 0.29) is 0 Å². The third-order valence-corrected chi connectivity index (χ3v) is 4.31. The highest BCUT2D eigenvalue weighted by Gasteiger charge is 2.15. The number of fused-ring (bicyclic) bond motifs is 4. The van der Waals surface area contributed by atoms with Gasteiger partial charge in [0.15, 0.2) is 0 Å². The Morgan fingerprint density at radius 3 is 2.68 bits per heavy atom. The number of rotatable bonds is 1. The van der Waals surface area contributed by atoms with Crippen LogP contribution in [0.5, 0.6) is 0 Å². The quantitative estimate of drug-likeness (QED) is 0.283. The van der Waals surface area contributed by atoms with Crippen LogP contribution in [-0.4, -0.2) is 9.97 Å². The standard InChI is InChI=1S/C17H13N5/c1-9-11-7-8-19-17(21-22-18)15(11)10(2)14-12-5-3-4-6-13(12)20-16(9)14/h3-8,20H,1-2H3. The highest BCUT2D eigenvalue weighted by atomic mass is 15.2. The molecule has 0 saturated heterocycles. The molecule has 2 aromatic carbocycles. The van der Waals surface area contributed by atoms with Crippen molar-refractivity contribution in [2.45, 2.75) is 13.8 Å². The van der Waals surface area contributed by atoms with Crippen LogP contribution in [-0.2, 0) is 0 Å². The van der Waals surface area contributed by atoms with E-state index in [1.165, 1.54) is 10.8 Å². The smallest absolute Gasteiger partial charge is 0.134 e. The number of benzene rings is 2. The van der Waals surface area contributed by atoms with Crippen LogP contribution >= 0.6 is 0 Å². The maximum absolute atomic E-state index is 8.80. The van der Waals surface area contributed by atoms with Gasteiger partial charge in [0.2, 0.25) is 0 Å². The van der Waals surface area contributed by atoms with E-state index in [9.17, 15) is 0 Å². The Balaban J connectivity index is 2.36. The van der Waals surface area contributed by atoms with E-state index in [0.717, 1.165) is 32.9 Å². The number of nitrogens with zero attached hydrogens (tertiary/aromatic N) is 4. The summed E-state index contributed by atoms with van der Waals surface area (Å²) in [6.07, 6.45) is 1.69. The van der Waals surface area contributed by atoms with Crippen LogP contribution in [0, 0.1) is 13.8 Å². The highest BCUT2D eigenvalue weighted by molar-refractivity contribution is 6.17. The predicted molar refractivity (Wildman–Crippen MR) is 89.4 cm³/mol. The molecule has 4 aromatic rings. The van der Waals surface area contributed by atoms with Gasteiger partial charge >= 0.3 is 0 Å². The lowest BCUT2D eigenvalue weighted by atomic mass is 9.96. The molecular weight excluding hydrogens is 274 g/mol. The summed E-state index contributed by atoms with van der Waals surface area (Å²) in [7, 11) is 0. The zero-order valence-corrected chi connectivity index (χ0v) is 12.3. The van der Waals surface area contributed by atoms with Crippen LogP contribution in [0.4, 0.5) is 5.82 Å². The van der Waals surface area contributed by atoms with Crippen LogP contribution in [0.2, 0.25) is 0 Å². The highest BCUT2D eigenvalue weighted by Crippen LogP contribution is 2.39. The maximum atomic E-state index is 8.80. The van der Waals surface area contributed by atoms with E-state index in [0.29, 0.717) is 5.82 Å². The third-order valence-electron chi connectivity index (χ3n) is 4.31. The molecule has 5 heteroatoms. The fourth-order valence-electron chi connectivity index (χ4n) is 3.32. The summed E-state index contributed by atoms with van der Waals surface area (Å²) in [5.41, 5.74) is 13.3. The van der Waals surface area contributed by atoms with E-state index in [1.807, 2.05) is 18.2 Å². The maximum Gasteiger partial charge on any atom is 0.134 e. The molecule has 0 spiro atoms. The predicted octanol–water partition coefficient (Wildman–Crippen LogP) is 5.43. The molecule has 0 amide bonds. The number of azide groups is 1. The second kappa shape index (κ2) is 4.48. The normalized spacial score (nSPS) is 11.2. The molecule has 0 bridgehead atoms. The molecule has 0 radical (unpaired) electrons.